The van der Waals surface area contributed by atoms with Gasteiger partial charge in [0.05, 0.1) is 6.10 Å². The molecule has 0 radical (unpaired) electrons. The van der Waals surface area contributed by atoms with Crippen molar-refractivity contribution in [1.82, 2.24) is 0 Å². The maximum atomic E-state index is 13.5. The Morgan fingerprint density at radius 2 is 1.78 bits per heavy atom. The van der Waals surface area contributed by atoms with E-state index in [1.54, 1.807) is 6.07 Å². The molecular weight excluding hydrogens is 258 g/mol. The van der Waals surface area contributed by atoms with Gasteiger partial charge in [-0.2, -0.15) is 0 Å². The van der Waals surface area contributed by atoms with Gasteiger partial charge >= 0.3 is 0 Å². The van der Waals surface area contributed by atoms with Crippen LogP contribution in [0, 0.1) is 11.6 Å². The van der Waals surface area contributed by atoms with E-state index >= 15 is 0 Å². The van der Waals surface area contributed by atoms with Crippen LogP contribution in [0.3, 0.4) is 0 Å². The molecular formula is C14H11ClF2O. The highest BCUT2D eigenvalue weighted by Gasteiger charge is 2.15. The molecule has 0 aliphatic rings. The average molecular weight is 269 g/mol. The van der Waals surface area contributed by atoms with Gasteiger partial charge in [0.1, 0.15) is 11.6 Å². The lowest BCUT2D eigenvalue weighted by Crippen LogP contribution is -2.05. The van der Waals surface area contributed by atoms with Gasteiger partial charge in [0.2, 0.25) is 0 Å². The van der Waals surface area contributed by atoms with Gasteiger partial charge in [-0.05, 0) is 29.8 Å². The summed E-state index contributed by atoms with van der Waals surface area (Å²) in [5.74, 6) is -0.970. The van der Waals surface area contributed by atoms with E-state index in [1.165, 1.54) is 36.4 Å². The number of aliphatic hydroxyl groups excluding tert-OH is 1. The molecule has 0 amide bonds. The molecule has 0 bridgehead atoms. The molecule has 0 fully saturated rings. The smallest absolute Gasteiger partial charge is 0.129 e. The van der Waals surface area contributed by atoms with Crippen molar-refractivity contribution in [3.63, 3.8) is 0 Å². The second-order valence-corrected chi connectivity index (χ2v) is 4.41. The number of benzene rings is 2. The molecule has 0 saturated heterocycles. The van der Waals surface area contributed by atoms with E-state index in [0.29, 0.717) is 5.02 Å². The van der Waals surface area contributed by atoms with Crippen molar-refractivity contribution >= 4 is 11.6 Å². The van der Waals surface area contributed by atoms with Gasteiger partial charge in [-0.25, -0.2) is 8.78 Å². The summed E-state index contributed by atoms with van der Waals surface area (Å²) in [6.45, 7) is 0. The fourth-order valence-corrected chi connectivity index (χ4v) is 1.96. The van der Waals surface area contributed by atoms with Crippen molar-refractivity contribution < 1.29 is 13.9 Å². The van der Waals surface area contributed by atoms with E-state index in [0.717, 1.165) is 0 Å². The van der Waals surface area contributed by atoms with Crippen LogP contribution in [-0.4, -0.2) is 5.11 Å². The molecule has 0 spiro atoms. The lowest BCUT2D eigenvalue weighted by molar-refractivity contribution is 0.172. The predicted octanol–water partition coefficient (Wildman–Crippen LogP) is 3.89. The number of hydrogen-bond donors (Lipinski definition) is 1. The van der Waals surface area contributed by atoms with E-state index < -0.39 is 17.7 Å². The highest BCUT2D eigenvalue weighted by molar-refractivity contribution is 6.30. The van der Waals surface area contributed by atoms with Crippen LogP contribution in [0.2, 0.25) is 5.02 Å². The fraction of sp³-hybridized carbons (Fsp3) is 0.143. The molecule has 18 heavy (non-hydrogen) atoms. The summed E-state index contributed by atoms with van der Waals surface area (Å²) in [4.78, 5) is 0. The molecule has 1 N–H and O–H groups in total. The molecule has 1 nitrogen and oxygen atoms in total. The first kappa shape index (κ1) is 13.0. The van der Waals surface area contributed by atoms with E-state index in [-0.39, 0.29) is 17.5 Å². The summed E-state index contributed by atoms with van der Waals surface area (Å²) in [5.41, 5.74) is 0.412. The molecule has 2 aromatic carbocycles. The Balaban J connectivity index is 2.24. The molecule has 0 aliphatic carbocycles. The highest BCUT2D eigenvalue weighted by atomic mass is 35.5. The zero-order valence-corrected chi connectivity index (χ0v) is 10.2. The summed E-state index contributed by atoms with van der Waals surface area (Å²) in [6.07, 6.45) is -1.12. The minimum atomic E-state index is -1.10. The summed E-state index contributed by atoms with van der Waals surface area (Å²) in [6, 6.07) is 9.97. The third-order valence-corrected chi connectivity index (χ3v) is 2.92. The molecule has 0 aliphatic heterocycles. The third-order valence-electron chi connectivity index (χ3n) is 2.69. The largest absolute Gasteiger partial charge is 0.388 e. The fourth-order valence-electron chi connectivity index (χ4n) is 1.76. The molecule has 2 aromatic rings. The number of halogens is 3. The van der Waals surface area contributed by atoms with Crippen molar-refractivity contribution in [3.05, 3.63) is 70.2 Å². The third kappa shape index (κ3) is 2.86. The quantitative estimate of drug-likeness (QED) is 0.895. The van der Waals surface area contributed by atoms with Crippen molar-refractivity contribution in [2.24, 2.45) is 0 Å². The molecule has 0 heterocycles. The first-order valence-corrected chi connectivity index (χ1v) is 5.82. The van der Waals surface area contributed by atoms with E-state index in [9.17, 15) is 13.9 Å². The Kier molecular flexibility index (Phi) is 3.94. The standard InChI is InChI=1S/C14H11ClF2O/c15-10-5-6-12(16)9(7-10)8-14(18)11-3-1-2-4-13(11)17/h1-7,14,18H,8H2. The molecule has 0 saturated carbocycles. The van der Waals surface area contributed by atoms with Crippen LogP contribution in [0.25, 0.3) is 0 Å². The predicted molar refractivity (Wildman–Crippen MR) is 66.5 cm³/mol. The minimum Gasteiger partial charge on any atom is -0.388 e. The van der Waals surface area contributed by atoms with E-state index in [4.69, 9.17) is 11.6 Å². The molecule has 1 atom stereocenters. The van der Waals surface area contributed by atoms with Crippen LogP contribution in [-0.2, 0) is 6.42 Å². The Hall–Kier alpha value is -1.45. The molecule has 0 aromatic heterocycles. The maximum Gasteiger partial charge on any atom is 0.129 e. The summed E-state index contributed by atoms with van der Waals surface area (Å²) in [5, 5.41) is 10.3. The minimum absolute atomic E-state index is 0.0205. The summed E-state index contributed by atoms with van der Waals surface area (Å²) >= 11 is 5.76. The molecule has 4 heteroatoms. The van der Waals surface area contributed by atoms with Gasteiger partial charge in [-0.3, -0.25) is 0 Å². The van der Waals surface area contributed by atoms with Crippen LogP contribution >= 0.6 is 11.6 Å². The monoisotopic (exact) mass is 268 g/mol. The van der Waals surface area contributed by atoms with Crippen molar-refractivity contribution in [1.29, 1.82) is 0 Å². The van der Waals surface area contributed by atoms with Crippen molar-refractivity contribution in [2.75, 3.05) is 0 Å². The SMILES string of the molecule is OC(Cc1cc(Cl)ccc1F)c1ccccc1F. The van der Waals surface area contributed by atoms with Crippen LogP contribution < -0.4 is 0 Å². The lowest BCUT2D eigenvalue weighted by atomic mass is 10.0. The number of rotatable bonds is 3. The zero-order valence-electron chi connectivity index (χ0n) is 9.41. The average Bonchev–Trinajstić information content (AvgIpc) is 2.34. The Labute approximate surface area is 109 Å². The van der Waals surface area contributed by atoms with Crippen molar-refractivity contribution in [2.45, 2.75) is 12.5 Å². The van der Waals surface area contributed by atoms with E-state index in [1.807, 2.05) is 0 Å². The molecule has 94 valence electrons. The van der Waals surface area contributed by atoms with Crippen LogP contribution in [0.5, 0.6) is 0 Å². The maximum absolute atomic E-state index is 13.5. The second kappa shape index (κ2) is 5.46. The molecule has 2 rings (SSSR count). The Bertz CT molecular complexity index is 557. The van der Waals surface area contributed by atoms with Gasteiger partial charge < -0.3 is 5.11 Å². The second-order valence-electron chi connectivity index (χ2n) is 3.98. The lowest BCUT2D eigenvalue weighted by Gasteiger charge is -2.12. The van der Waals surface area contributed by atoms with Gasteiger partial charge in [0.15, 0.2) is 0 Å². The topological polar surface area (TPSA) is 20.2 Å². The normalized spacial score (nSPS) is 12.4. The summed E-state index contributed by atoms with van der Waals surface area (Å²) in [7, 11) is 0. The van der Waals surface area contributed by atoms with Gasteiger partial charge in [0.25, 0.3) is 0 Å². The number of aliphatic hydroxyl groups is 1. The van der Waals surface area contributed by atoms with Crippen LogP contribution in [0.1, 0.15) is 17.2 Å². The Morgan fingerprint density at radius 3 is 2.50 bits per heavy atom. The van der Waals surface area contributed by atoms with Gasteiger partial charge in [-0.15, -0.1) is 0 Å². The van der Waals surface area contributed by atoms with Crippen molar-refractivity contribution in [3.8, 4) is 0 Å². The van der Waals surface area contributed by atoms with Gasteiger partial charge in [-0.1, -0.05) is 29.8 Å². The van der Waals surface area contributed by atoms with Crippen LogP contribution in [0.15, 0.2) is 42.5 Å². The van der Waals surface area contributed by atoms with Gasteiger partial charge in [0, 0.05) is 17.0 Å². The van der Waals surface area contributed by atoms with E-state index in [2.05, 4.69) is 0 Å². The van der Waals surface area contributed by atoms with Crippen LogP contribution in [0.4, 0.5) is 8.78 Å². The first-order chi connectivity index (χ1) is 8.58. The first-order valence-electron chi connectivity index (χ1n) is 5.44. The highest BCUT2D eigenvalue weighted by Crippen LogP contribution is 2.24. The Morgan fingerprint density at radius 1 is 1.06 bits per heavy atom. The zero-order chi connectivity index (χ0) is 13.1. The summed E-state index contributed by atoms with van der Waals surface area (Å²) < 4.78 is 26.9. The number of hydrogen-bond acceptors (Lipinski definition) is 1. The molecule has 1 unspecified atom stereocenters.